The lowest BCUT2D eigenvalue weighted by molar-refractivity contribution is -0.130. The molecule has 1 amide bonds. The molecule has 23 heavy (non-hydrogen) atoms. The van der Waals surface area contributed by atoms with Crippen molar-refractivity contribution in [1.29, 1.82) is 0 Å². The number of amides is 1. The largest absolute Gasteiger partial charge is 0.368 e. The van der Waals surface area contributed by atoms with Crippen LogP contribution in [0.1, 0.15) is 36.9 Å². The molecule has 0 saturated carbocycles. The lowest BCUT2D eigenvalue weighted by Gasteiger charge is -2.15. The van der Waals surface area contributed by atoms with E-state index < -0.39 is 6.10 Å². The van der Waals surface area contributed by atoms with Crippen molar-refractivity contribution in [3.05, 3.63) is 35.3 Å². The lowest BCUT2D eigenvalue weighted by Crippen LogP contribution is -2.31. The average molecular weight is 315 g/mol. The number of ether oxygens (including phenoxy) is 1. The summed E-state index contributed by atoms with van der Waals surface area (Å²) < 4.78 is 18.9. The number of H-pyrrole nitrogens is 1. The van der Waals surface area contributed by atoms with E-state index in [1.165, 1.54) is 12.1 Å². The lowest BCUT2D eigenvalue weighted by atomic mass is 9.93. The van der Waals surface area contributed by atoms with Crippen molar-refractivity contribution in [3.8, 4) is 0 Å². The van der Waals surface area contributed by atoms with Crippen molar-refractivity contribution >= 4 is 22.5 Å². The van der Waals surface area contributed by atoms with Crippen LogP contribution in [-0.4, -0.2) is 29.3 Å². The quantitative estimate of drug-likeness (QED) is 0.837. The van der Waals surface area contributed by atoms with E-state index in [2.05, 4.69) is 15.5 Å². The van der Waals surface area contributed by atoms with E-state index in [1.54, 1.807) is 6.07 Å². The van der Waals surface area contributed by atoms with E-state index in [1.807, 2.05) is 0 Å². The standard InChI is InChI=1S/C17H18FN3O2/c18-10-6-7-12-11(9-10)16-13(19-12)3-1-4-14(16)20-21-17(22)15-5-2-8-23-15/h6-7,9,15,19H,1-5,8H2,(H,21,22)/b20-14+. The van der Waals surface area contributed by atoms with Gasteiger partial charge in [-0.25, -0.2) is 9.82 Å². The summed E-state index contributed by atoms with van der Waals surface area (Å²) in [7, 11) is 0. The fourth-order valence-electron chi connectivity index (χ4n) is 3.39. The van der Waals surface area contributed by atoms with Crippen LogP contribution in [0.2, 0.25) is 0 Å². The van der Waals surface area contributed by atoms with Crippen LogP contribution in [0.25, 0.3) is 10.9 Å². The highest BCUT2D eigenvalue weighted by Crippen LogP contribution is 2.30. The first-order valence-electron chi connectivity index (χ1n) is 8.01. The molecule has 2 heterocycles. The molecular weight excluding hydrogens is 297 g/mol. The summed E-state index contributed by atoms with van der Waals surface area (Å²) in [6.45, 7) is 0.626. The second-order valence-corrected chi connectivity index (χ2v) is 6.06. The van der Waals surface area contributed by atoms with Gasteiger partial charge < -0.3 is 9.72 Å². The van der Waals surface area contributed by atoms with Gasteiger partial charge >= 0.3 is 0 Å². The highest BCUT2D eigenvalue weighted by atomic mass is 19.1. The highest BCUT2D eigenvalue weighted by molar-refractivity contribution is 6.12. The van der Waals surface area contributed by atoms with E-state index in [-0.39, 0.29) is 11.7 Å². The van der Waals surface area contributed by atoms with Gasteiger partial charge in [0.2, 0.25) is 0 Å². The van der Waals surface area contributed by atoms with Gasteiger partial charge in [-0.2, -0.15) is 5.10 Å². The number of carbonyl (C=O) groups excluding carboxylic acids is 1. The number of hydrazone groups is 1. The normalized spacial score (nSPS) is 22.5. The predicted molar refractivity (Wildman–Crippen MR) is 84.8 cm³/mol. The van der Waals surface area contributed by atoms with Gasteiger partial charge in [0, 0.05) is 28.8 Å². The minimum absolute atomic E-state index is 0.201. The van der Waals surface area contributed by atoms with Crippen LogP contribution < -0.4 is 5.43 Å². The van der Waals surface area contributed by atoms with Crippen LogP contribution in [0, 0.1) is 5.82 Å². The summed E-state index contributed by atoms with van der Waals surface area (Å²) in [5, 5.41) is 5.14. The number of nitrogens with one attached hydrogen (secondary N) is 2. The third-order valence-electron chi connectivity index (χ3n) is 4.49. The van der Waals surface area contributed by atoms with E-state index >= 15 is 0 Å². The zero-order chi connectivity index (χ0) is 15.8. The van der Waals surface area contributed by atoms with Crippen LogP contribution in [0.3, 0.4) is 0 Å². The van der Waals surface area contributed by atoms with Gasteiger partial charge in [0.05, 0.1) is 5.71 Å². The molecule has 1 atom stereocenters. The number of hydrogen-bond donors (Lipinski definition) is 2. The summed E-state index contributed by atoms with van der Waals surface area (Å²) in [5.41, 5.74) is 6.31. The Bertz CT molecular complexity index is 790. The third-order valence-corrected chi connectivity index (χ3v) is 4.49. The fourth-order valence-corrected chi connectivity index (χ4v) is 3.39. The molecule has 1 aromatic heterocycles. The molecule has 0 spiro atoms. The van der Waals surface area contributed by atoms with E-state index in [0.717, 1.165) is 60.0 Å². The maximum absolute atomic E-state index is 13.6. The van der Waals surface area contributed by atoms with Gasteiger partial charge in [0.25, 0.3) is 5.91 Å². The zero-order valence-electron chi connectivity index (χ0n) is 12.7. The Labute approximate surface area is 132 Å². The minimum atomic E-state index is -0.400. The number of halogens is 1. The maximum Gasteiger partial charge on any atom is 0.269 e. The third kappa shape index (κ3) is 2.63. The van der Waals surface area contributed by atoms with Crippen molar-refractivity contribution in [2.45, 2.75) is 38.2 Å². The minimum Gasteiger partial charge on any atom is -0.368 e. The molecule has 1 aliphatic carbocycles. The summed E-state index contributed by atoms with van der Waals surface area (Å²) in [5.74, 6) is -0.472. The van der Waals surface area contributed by atoms with Crippen LogP contribution in [0.5, 0.6) is 0 Å². The summed E-state index contributed by atoms with van der Waals surface area (Å²) in [6, 6.07) is 4.71. The second-order valence-electron chi connectivity index (χ2n) is 6.06. The van der Waals surface area contributed by atoms with Gasteiger partial charge in [0.15, 0.2) is 0 Å². The highest BCUT2D eigenvalue weighted by Gasteiger charge is 2.25. The molecule has 1 unspecified atom stereocenters. The molecule has 6 heteroatoms. The molecule has 1 aromatic carbocycles. The first kappa shape index (κ1) is 14.4. The Morgan fingerprint density at radius 1 is 1.35 bits per heavy atom. The number of aromatic amines is 1. The van der Waals surface area contributed by atoms with Gasteiger partial charge in [-0.1, -0.05) is 0 Å². The molecule has 0 radical (unpaired) electrons. The van der Waals surface area contributed by atoms with Crippen molar-refractivity contribution < 1.29 is 13.9 Å². The predicted octanol–water partition coefficient (Wildman–Crippen LogP) is 2.64. The van der Waals surface area contributed by atoms with Gasteiger partial charge in [-0.3, -0.25) is 4.79 Å². The van der Waals surface area contributed by atoms with Gasteiger partial charge in [0.1, 0.15) is 11.9 Å². The molecule has 1 saturated heterocycles. The Hall–Kier alpha value is -2.21. The SMILES string of the molecule is O=C(N/N=C1\CCCc2[nH]c3ccc(F)cc3c21)C1CCCO1. The maximum atomic E-state index is 13.6. The molecule has 4 rings (SSSR count). The molecule has 0 bridgehead atoms. The van der Waals surface area contributed by atoms with Gasteiger partial charge in [-0.15, -0.1) is 0 Å². The first-order chi connectivity index (χ1) is 11.2. The van der Waals surface area contributed by atoms with Gasteiger partial charge in [-0.05, 0) is 50.3 Å². The van der Waals surface area contributed by atoms with Crippen LogP contribution in [0.4, 0.5) is 4.39 Å². The number of fused-ring (bicyclic) bond motifs is 3. The number of benzene rings is 1. The van der Waals surface area contributed by atoms with Crippen molar-refractivity contribution in [1.82, 2.24) is 10.4 Å². The number of aromatic nitrogens is 1. The molecular formula is C17H18FN3O2. The molecule has 2 N–H and O–H groups in total. The summed E-state index contributed by atoms with van der Waals surface area (Å²) in [4.78, 5) is 15.4. The average Bonchev–Trinajstić information content (AvgIpc) is 3.20. The van der Waals surface area contributed by atoms with Crippen molar-refractivity contribution in [2.75, 3.05) is 6.61 Å². The monoisotopic (exact) mass is 315 g/mol. The van der Waals surface area contributed by atoms with Crippen molar-refractivity contribution in [2.24, 2.45) is 5.10 Å². The first-order valence-corrected chi connectivity index (χ1v) is 8.01. The Kier molecular flexibility index (Phi) is 3.61. The smallest absolute Gasteiger partial charge is 0.269 e. The second kappa shape index (κ2) is 5.77. The van der Waals surface area contributed by atoms with Crippen LogP contribution in [-0.2, 0) is 16.0 Å². The van der Waals surface area contributed by atoms with Crippen LogP contribution >= 0.6 is 0 Å². The molecule has 2 aliphatic rings. The Morgan fingerprint density at radius 2 is 2.26 bits per heavy atom. The summed E-state index contributed by atoms with van der Waals surface area (Å²) in [6.07, 6.45) is 3.87. The number of rotatable bonds is 2. The molecule has 5 nitrogen and oxygen atoms in total. The fraction of sp³-hybridized carbons (Fsp3) is 0.412. The number of hydrogen-bond acceptors (Lipinski definition) is 3. The molecule has 120 valence electrons. The van der Waals surface area contributed by atoms with E-state index in [9.17, 15) is 9.18 Å². The molecule has 1 fully saturated rings. The van der Waals surface area contributed by atoms with Crippen molar-refractivity contribution in [3.63, 3.8) is 0 Å². The van der Waals surface area contributed by atoms with E-state index in [4.69, 9.17) is 4.74 Å². The Balaban J connectivity index is 1.66. The summed E-state index contributed by atoms with van der Waals surface area (Å²) >= 11 is 0. The number of carbonyl (C=O) groups is 1. The number of aryl methyl sites for hydroxylation is 1. The molecule has 2 aromatic rings. The zero-order valence-corrected chi connectivity index (χ0v) is 12.7. The van der Waals surface area contributed by atoms with Crippen LogP contribution in [0.15, 0.2) is 23.3 Å². The molecule has 1 aliphatic heterocycles. The Morgan fingerprint density at radius 3 is 3.09 bits per heavy atom. The van der Waals surface area contributed by atoms with E-state index in [0.29, 0.717) is 6.61 Å². The number of nitrogens with zero attached hydrogens (tertiary/aromatic N) is 1. The topological polar surface area (TPSA) is 66.5 Å².